The van der Waals surface area contributed by atoms with Gasteiger partial charge in [0.2, 0.25) is 10.0 Å². The van der Waals surface area contributed by atoms with E-state index >= 15 is 0 Å². The van der Waals surface area contributed by atoms with Crippen LogP contribution in [0.2, 0.25) is 0 Å². The second kappa shape index (κ2) is 13.2. The molecule has 1 unspecified atom stereocenters. The highest BCUT2D eigenvalue weighted by Gasteiger charge is 2.44. The van der Waals surface area contributed by atoms with Crippen LogP contribution in [0.15, 0.2) is 107 Å². The van der Waals surface area contributed by atoms with Crippen molar-refractivity contribution in [1.29, 1.82) is 0 Å². The summed E-state index contributed by atoms with van der Waals surface area (Å²) in [7, 11) is -7.16. The van der Waals surface area contributed by atoms with E-state index < -0.39 is 26.0 Å². The first-order valence-electron chi connectivity index (χ1n) is 15.2. The Morgan fingerprint density at radius 3 is 2.38 bits per heavy atom. The van der Waals surface area contributed by atoms with Gasteiger partial charge >= 0.3 is 0 Å². The number of nitrogens with one attached hydrogen (secondary N) is 1. The van der Waals surface area contributed by atoms with Gasteiger partial charge in [-0.3, -0.25) is 0 Å². The van der Waals surface area contributed by atoms with Gasteiger partial charge in [0.05, 0.1) is 27.8 Å². The number of sulfonamides is 1. The second-order valence-electron chi connectivity index (χ2n) is 11.9. The van der Waals surface area contributed by atoms with Crippen LogP contribution in [0.25, 0.3) is 10.8 Å². The third-order valence-electron chi connectivity index (χ3n) is 8.65. The van der Waals surface area contributed by atoms with Gasteiger partial charge in [-0.2, -0.15) is 4.31 Å². The van der Waals surface area contributed by atoms with Gasteiger partial charge in [0.1, 0.15) is 18.5 Å². The minimum atomic E-state index is -3.61. The highest BCUT2D eigenvalue weighted by atomic mass is 32.2. The predicted molar refractivity (Wildman–Crippen MR) is 172 cm³/mol. The average molecular weight is 651 g/mol. The molecule has 0 aliphatic carbocycles. The molecule has 1 spiro atoms. The fourth-order valence-electron chi connectivity index (χ4n) is 6.12. The van der Waals surface area contributed by atoms with E-state index in [0.29, 0.717) is 48.7 Å². The van der Waals surface area contributed by atoms with E-state index in [9.17, 15) is 21.9 Å². The fraction of sp³-hybridized carbons (Fsp3) is 0.353. The molecule has 2 aliphatic rings. The van der Waals surface area contributed by atoms with Crippen LogP contribution >= 0.6 is 0 Å². The van der Waals surface area contributed by atoms with Crippen molar-refractivity contribution < 1.29 is 31.4 Å². The van der Waals surface area contributed by atoms with E-state index in [0.717, 1.165) is 17.2 Å². The van der Waals surface area contributed by atoms with Gasteiger partial charge in [0, 0.05) is 25.7 Å². The first-order chi connectivity index (χ1) is 21.6. The summed E-state index contributed by atoms with van der Waals surface area (Å²) in [4.78, 5) is 0.474. The molecule has 0 aromatic heterocycles. The summed E-state index contributed by atoms with van der Waals surface area (Å²) in [5.74, 6) is 0.268. The molecule has 2 aliphatic heterocycles. The van der Waals surface area contributed by atoms with Crippen LogP contribution in [0.3, 0.4) is 0 Å². The smallest absolute Gasteiger partial charge is 0.243 e. The van der Waals surface area contributed by atoms with Crippen molar-refractivity contribution in [3.63, 3.8) is 0 Å². The molecule has 11 heteroatoms. The summed E-state index contributed by atoms with van der Waals surface area (Å²) in [5.41, 5.74) is 0.319. The monoisotopic (exact) mass is 650 g/mol. The lowest BCUT2D eigenvalue weighted by molar-refractivity contribution is -0.0312. The summed E-state index contributed by atoms with van der Waals surface area (Å²) < 4.78 is 66.0. The van der Waals surface area contributed by atoms with Crippen LogP contribution in [-0.2, 0) is 30.4 Å². The van der Waals surface area contributed by atoms with E-state index in [-0.39, 0.29) is 35.4 Å². The van der Waals surface area contributed by atoms with Gasteiger partial charge in [0.15, 0.2) is 9.84 Å². The first-order valence-corrected chi connectivity index (χ1v) is 18.3. The number of ether oxygens (including phenoxy) is 2. The van der Waals surface area contributed by atoms with Gasteiger partial charge < -0.3 is 19.9 Å². The fourth-order valence-corrected chi connectivity index (χ4v) is 8.98. The third kappa shape index (κ3) is 7.40. The zero-order valence-electron chi connectivity index (χ0n) is 24.9. The van der Waals surface area contributed by atoms with E-state index in [1.807, 2.05) is 36.4 Å². The number of fused-ring (bicyclic) bond motifs is 1. The normalized spacial score (nSPS) is 19.5. The molecule has 2 heterocycles. The van der Waals surface area contributed by atoms with Crippen molar-refractivity contribution in [3.8, 4) is 5.75 Å². The largest absolute Gasteiger partial charge is 0.491 e. The maximum atomic E-state index is 13.4. The first kappa shape index (κ1) is 31.7. The number of piperidine rings is 1. The Morgan fingerprint density at radius 1 is 0.867 bits per heavy atom. The summed E-state index contributed by atoms with van der Waals surface area (Å²) in [6.07, 6.45) is 1.12. The van der Waals surface area contributed by atoms with Crippen molar-refractivity contribution in [3.05, 3.63) is 103 Å². The number of aliphatic hydroxyl groups is 1. The quantitative estimate of drug-likeness (QED) is 0.248. The van der Waals surface area contributed by atoms with Gasteiger partial charge in [-0.1, -0.05) is 66.7 Å². The van der Waals surface area contributed by atoms with Crippen molar-refractivity contribution in [2.75, 3.05) is 32.8 Å². The maximum absolute atomic E-state index is 13.4. The molecule has 45 heavy (non-hydrogen) atoms. The maximum Gasteiger partial charge on any atom is 0.243 e. The number of aliphatic hydroxyl groups excluding tert-OH is 1. The Kier molecular flexibility index (Phi) is 9.28. The van der Waals surface area contributed by atoms with Crippen LogP contribution < -0.4 is 10.1 Å². The summed E-state index contributed by atoms with van der Waals surface area (Å²) in [5, 5.41) is 15.8. The van der Waals surface area contributed by atoms with Gasteiger partial charge in [0.25, 0.3) is 0 Å². The third-order valence-corrected chi connectivity index (χ3v) is 12.2. The van der Waals surface area contributed by atoms with Gasteiger partial charge in [-0.25, -0.2) is 16.8 Å². The van der Waals surface area contributed by atoms with Crippen molar-refractivity contribution >= 4 is 30.6 Å². The highest BCUT2D eigenvalue weighted by molar-refractivity contribution is 7.90. The average Bonchev–Trinajstić information content (AvgIpc) is 3.45. The highest BCUT2D eigenvalue weighted by Crippen LogP contribution is 2.37. The van der Waals surface area contributed by atoms with E-state index in [1.165, 1.54) is 6.07 Å². The lowest BCUT2D eigenvalue weighted by Crippen LogP contribution is -2.47. The Hall–Kier alpha value is -3.32. The zero-order valence-corrected chi connectivity index (χ0v) is 26.5. The minimum absolute atomic E-state index is 0.00447. The molecule has 4 aromatic rings. The van der Waals surface area contributed by atoms with Crippen LogP contribution in [0.5, 0.6) is 5.75 Å². The topological polar surface area (TPSA) is 122 Å². The Morgan fingerprint density at radius 2 is 1.60 bits per heavy atom. The van der Waals surface area contributed by atoms with Crippen LogP contribution in [0.1, 0.15) is 24.8 Å². The number of sulfone groups is 1. The molecule has 0 radical (unpaired) electrons. The summed E-state index contributed by atoms with van der Waals surface area (Å²) in [6, 6.07) is 28.3. The molecule has 4 aromatic carbocycles. The molecule has 6 rings (SSSR count). The predicted octanol–water partition coefficient (Wildman–Crippen LogP) is 4.16. The van der Waals surface area contributed by atoms with Crippen LogP contribution in [-0.4, -0.2) is 76.8 Å². The van der Waals surface area contributed by atoms with Crippen LogP contribution in [0.4, 0.5) is 0 Å². The second-order valence-corrected chi connectivity index (χ2v) is 15.8. The number of rotatable bonds is 11. The number of nitrogens with zero attached hydrogens (tertiary/aromatic N) is 1. The molecule has 2 fully saturated rings. The Labute approximate surface area is 264 Å². The van der Waals surface area contributed by atoms with Crippen molar-refractivity contribution in [1.82, 2.24) is 9.62 Å². The molecular weight excluding hydrogens is 613 g/mol. The lowest BCUT2D eigenvalue weighted by Gasteiger charge is -2.38. The number of benzene rings is 4. The van der Waals surface area contributed by atoms with Crippen LogP contribution in [0, 0.1) is 0 Å². The summed E-state index contributed by atoms with van der Waals surface area (Å²) in [6.45, 7) is 1.53. The molecule has 0 saturated carbocycles. The van der Waals surface area contributed by atoms with Crippen molar-refractivity contribution in [2.24, 2.45) is 0 Å². The summed E-state index contributed by atoms with van der Waals surface area (Å²) >= 11 is 0. The molecular formula is C34H38N2O7S2. The van der Waals surface area contributed by atoms with E-state index in [2.05, 4.69) is 5.32 Å². The molecule has 0 bridgehead atoms. The molecule has 9 nitrogen and oxygen atoms in total. The van der Waals surface area contributed by atoms with Gasteiger partial charge in [-0.15, -0.1) is 0 Å². The number of hydrogen-bond donors (Lipinski definition) is 2. The van der Waals surface area contributed by atoms with E-state index in [4.69, 9.17) is 9.47 Å². The SMILES string of the molecule is O=S(=O)(Cc1ccccc1)c1cccc(OC[C@@H](O)CNC2COC3(CCN(S(=O)(=O)c4ccc5ccccc5c4)CC3)C2)c1. The molecule has 2 N–H and O–H groups in total. The lowest BCUT2D eigenvalue weighted by atomic mass is 9.88. The standard InChI is InChI=1S/C34H38N2O7S2/c37-30(24-42-31-11-6-12-32(20-31)44(38,39)25-26-7-2-1-3-8-26)22-35-29-21-34(43-23-29)15-17-36(18-16-34)45(40,41)33-14-13-27-9-4-5-10-28(27)19-33/h1-14,19-20,29-30,35,37H,15-18,21-25H2/t29?,30-/m0/s1. The number of hydrogen-bond acceptors (Lipinski definition) is 8. The van der Waals surface area contributed by atoms with E-state index in [1.54, 1.807) is 58.9 Å². The zero-order chi connectivity index (χ0) is 31.5. The Bertz CT molecular complexity index is 1840. The molecule has 2 saturated heterocycles. The molecule has 2 atom stereocenters. The molecule has 238 valence electrons. The molecule has 0 amide bonds. The van der Waals surface area contributed by atoms with Gasteiger partial charge in [-0.05, 0) is 65.9 Å². The Balaban J connectivity index is 0.962. The minimum Gasteiger partial charge on any atom is -0.491 e. The van der Waals surface area contributed by atoms with Crippen molar-refractivity contribution in [2.45, 2.75) is 52.6 Å².